The van der Waals surface area contributed by atoms with E-state index in [9.17, 15) is 9.59 Å². The number of likely N-dealkylation sites (tertiary alicyclic amines) is 1. The molecule has 7 nitrogen and oxygen atoms in total. The van der Waals surface area contributed by atoms with Gasteiger partial charge in [-0.05, 0) is 49.6 Å². The molecule has 0 N–H and O–H groups in total. The predicted octanol–water partition coefficient (Wildman–Crippen LogP) is 1.99. The van der Waals surface area contributed by atoms with Gasteiger partial charge in [-0.3, -0.25) is 9.59 Å². The Morgan fingerprint density at radius 3 is 2.54 bits per heavy atom. The number of benzene rings is 1. The standard InChI is InChI=1S/C19H24N2O5/c1-3-25-19(23)14-8-10-21(11-9-14)18(22)17-12-16(20-26-17)13-4-6-15(24-2)7-5-13/h4-7,14,17H,3,8-12H2,1-2H3/t17-/m0/s1. The highest BCUT2D eigenvalue weighted by atomic mass is 16.6. The van der Waals surface area contributed by atoms with Crippen molar-refractivity contribution in [2.75, 3.05) is 26.8 Å². The van der Waals surface area contributed by atoms with Gasteiger partial charge in [-0.15, -0.1) is 0 Å². The van der Waals surface area contributed by atoms with E-state index in [2.05, 4.69) is 5.16 Å². The lowest BCUT2D eigenvalue weighted by atomic mass is 9.96. The first-order valence-electron chi connectivity index (χ1n) is 8.95. The second kappa shape index (κ2) is 8.21. The summed E-state index contributed by atoms with van der Waals surface area (Å²) in [6.07, 6.45) is 1.11. The first kappa shape index (κ1) is 18.2. The quantitative estimate of drug-likeness (QED) is 0.751. The second-order valence-corrected chi connectivity index (χ2v) is 6.42. The number of carbonyl (C=O) groups excluding carboxylic acids is 2. The van der Waals surface area contributed by atoms with Crippen LogP contribution in [0.25, 0.3) is 0 Å². The molecule has 0 radical (unpaired) electrons. The lowest BCUT2D eigenvalue weighted by Gasteiger charge is -2.31. The van der Waals surface area contributed by atoms with Gasteiger partial charge in [0.15, 0.2) is 0 Å². The van der Waals surface area contributed by atoms with Crippen molar-refractivity contribution >= 4 is 17.6 Å². The molecule has 1 saturated heterocycles. The number of methoxy groups -OCH3 is 1. The average Bonchev–Trinajstić information content (AvgIpc) is 3.18. The minimum absolute atomic E-state index is 0.0698. The minimum atomic E-state index is -0.591. The van der Waals surface area contributed by atoms with Crippen molar-refractivity contribution in [2.24, 2.45) is 11.1 Å². The summed E-state index contributed by atoms with van der Waals surface area (Å²) in [5.74, 6) is 0.418. The van der Waals surface area contributed by atoms with Crippen molar-refractivity contribution in [1.29, 1.82) is 0 Å². The van der Waals surface area contributed by atoms with Gasteiger partial charge in [-0.25, -0.2) is 0 Å². The molecule has 0 aromatic heterocycles. The molecule has 2 aliphatic rings. The van der Waals surface area contributed by atoms with Crippen LogP contribution >= 0.6 is 0 Å². The smallest absolute Gasteiger partial charge is 0.309 e. The van der Waals surface area contributed by atoms with E-state index >= 15 is 0 Å². The number of ether oxygens (including phenoxy) is 2. The maximum Gasteiger partial charge on any atom is 0.309 e. The van der Waals surface area contributed by atoms with Gasteiger partial charge >= 0.3 is 5.97 Å². The zero-order valence-corrected chi connectivity index (χ0v) is 15.1. The maximum absolute atomic E-state index is 12.7. The van der Waals surface area contributed by atoms with Crippen LogP contribution in [0, 0.1) is 5.92 Å². The Balaban J connectivity index is 1.52. The molecule has 1 atom stereocenters. The summed E-state index contributed by atoms with van der Waals surface area (Å²) in [5, 5.41) is 4.08. The number of carbonyl (C=O) groups is 2. The fraction of sp³-hybridized carbons (Fsp3) is 0.526. The van der Waals surface area contributed by atoms with Crippen LogP contribution in [0.1, 0.15) is 31.7 Å². The van der Waals surface area contributed by atoms with Crippen LogP contribution in [0.5, 0.6) is 5.75 Å². The summed E-state index contributed by atoms with van der Waals surface area (Å²) in [7, 11) is 1.62. The fourth-order valence-electron chi connectivity index (χ4n) is 3.26. The van der Waals surface area contributed by atoms with Crippen LogP contribution in [0.15, 0.2) is 29.4 Å². The maximum atomic E-state index is 12.7. The molecule has 2 aliphatic heterocycles. The number of rotatable bonds is 5. The van der Waals surface area contributed by atoms with Gasteiger partial charge in [0.1, 0.15) is 5.75 Å². The monoisotopic (exact) mass is 360 g/mol. The van der Waals surface area contributed by atoms with Crippen LogP contribution in [0.2, 0.25) is 0 Å². The molecule has 0 aliphatic carbocycles. The number of nitrogens with zero attached hydrogens (tertiary/aromatic N) is 2. The lowest BCUT2D eigenvalue weighted by Crippen LogP contribution is -2.45. The van der Waals surface area contributed by atoms with Crippen LogP contribution in [-0.4, -0.2) is 55.4 Å². The fourth-order valence-corrected chi connectivity index (χ4v) is 3.26. The Kier molecular flexibility index (Phi) is 5.75. The normalized spacial score (nSPS) is 20.3. The third-order valence-corrected chi connectivity index (χ3v) is 4.79. The molecule has 0 bridgehead atoms. The summed E-state index contributed by atoms with van der Waals surface area (Å²) in [5.41, 5.74) is 1.68. The van der Waals surface area contributed by atoms with E-state index in [-0.39, 0.29) is 17.8 Å². The van der Waals surface area contributed by atoms with E-state index in [0.717, 1.165) is 17.0 Å². The van der Waals surface area contributed by atoms with Crippen LogP contribution in [0.3, 0.4) is 0 Å². The van der Waals surface area contributed by atoms with Crippen LogP contribution in [0.4, 0.5) is 0 Å². The molecule has 0 unspecified atom stereocenters. The highest BCUT2D eigenvalue weighted by Gasteiger charge is 2.35. The molecule has 0 spiro atoms. The number of oxime groups is 1. The molecular formula is C19H24N2O5. The zero-order valence-electron chi connectivity index (χ0n) is 15.1. The Labute approximate surface area is 152 Å². The van der Waals surface area contributed by atoms with Crippen LogP contribution in [-0.2, 0) is 19.2 Å². The molecule has 7 heteroatoms. The van der Waals surface area contributed by atoms with E-state index in [0.29, 0.717) is 39.0 Å². The SMILES string of the molecule is CCOC(=O)C1CCN(C(=O)[C@@H]2CC(c3ccc(OC)cc3)=NO2)CC1. The van der Waals surface area contributed by atoms with Gasteiger partial charge in [-0.1, -0.05) is 5.16 Å². The van der Waals surface area contributed by atoms with Crippen molar-refractivity contribution in [3.63, 3.8) is 0 Å². The van der Waals surface area contributed by atoms with E-state index in [1.807, 2.05) is 24.3 Å². The van der Waals surface area contributed by atoms with Crippen molar-refractivity contribution in [1.82, 2.24) is 4.90 Å². The molecule has 1 aromatic carbocycles. The first-order valence-corrected chi connectivity index (χ1v) is 8.95. The summed E-state index contributed by atoms with van der Waals surface area (Å²) >= 11 is 0. The van der Waals surface area contributed by atoms with Gasteiger partial charge in [0, 0.05) is 19.5 Å². The molecular weight excluding hydrogens is 336 g/mol. The third-order valence-electron chi connectivity index (χ3n) is 4.79. The summed E-state index contributed by atoms with van der Waals surface area (Å²) in [6.45, 7) is 3.27. The van der Waals surface area contributed by atoms with Gasteiger partial charge in [-0.2, -0.15) is 0 Å². The van der Waals surface area contributed by atoms with E-state index in [1.165, 1.54) is 0 Å². The Morgan fingerprint density at radius 2 is 1.92 bits per heavy atom. The van der Waals surface area contributed by atoms with Gasteiger partial charge in [0.2, 0.25) is 6.10 Å². The van der Waals surface area contributed by atoms with Crippen LogP contribution < -0.4 is 4.74 Å². The van der Waals surface area contributed by atoms with Crippen molar-refractivity contribution < 1.29 is 23.9 Å². The van der Waals surface area contributed by atoms with Crippen molar-refractivity contribution in [3.8, 4) is 5.75 Å². The molecule has 26 heavy (non-hydrogen) atoms. The van der Waals surface area contributed by atoms with Gasteiger partial charge in [0.05, 0.1) is 25.3 Å². The molecule has 0 saturated carbocycles. The van der Waals surface area contributed by atoms with Crippen molar-refractivity contribution in [3.05, 3.63) is 29.8 Å². The predicted molar refractivity (Wildman–Crippen MR) is 95.0 cm³/mol. The molecule has 1 aromatic rings. The minimum Gasteiger partial charge on any atom is -0.497 e. The average molecular weight is 360 g/mol. The van der Waals surface area contributed by atoms with E-state index < -0.39 is 6.10 Å². The highest BCUT2D eigenvalue weighted by Crippen LogP contribution is 2.24. The third kappa shape index (κ3) is 3.98. The second-order valence-electron chi connectivity index (χ2n) is 6.42. The number of piperidine rings is 1. The topological polar surface area (TPSA) is 77.4 Å². The molecule has 140 valence electrons. The Hall–Kier alpha value is -2.57. The summed E-state index contributed by atoms with van der Waals surface area (Å²) in [6, 6.07) is 7.51. The lowest BCUT2D eigenvalue weighted by molar-refractivity contribution is -0.153. The number of hydrogen-bond donors (Lipinski definition) is 0. The number of esters is 1. The summed E-state index contributed by atoms with van der Waals surface area (Å²) < 4.78 is 10.2. The van der Waals surface area contributed by atoms with E-state index in [1.54, 1.807) is 18.9 Å². The molecule has 2 heterocycles. The number of hydrogen-bond acceptors (Lipinski definition) is 6. The molecule has 3 rings (SSSR count). The summed E-state index contributed by atoms with van der Waals surface area (Å²) in [4.78, 5) is 31.6. The highest BCUT2D eigenvalue weighted by molar-refractivity contribution is 6.04. The van der Waals surface area contributed by atoms with Gasteiger partial charge in [0.25, 0.3) is 5.91 Å². The number of amides is 1. The Bertz CT molecular complexity index is 678. The van der Waals surface area contributed by atoms with Gasteiger partial charge < -0.3 is 19.2 Å². The molecule has 1 fully saturated rings. The Morgan fingerprint density at radius 1 is 1.23 bits per heavy atom. The zero-order chi connectivity index (χ0) is 18.5. The van der Waals surface area contributed by atoms with E-state index in [4.69, 9.17) is 14.3 Å². The largest absolute Gasteiger partial charge is 0.497 e. The van der Waals surface area contributed by atoms with Crippen molar-refractivity contribution in [2.45, 2.75) is 32.3 Å². The molecule has 1 amide bonds. The first-order chi connectivity index (χ1) is 12.6.